The summed E-state index contributed by atoms with van der Waals surface area (Å²) in [5.74, 6) is 6.64. The number of pyridine rings is 1. The highest BCUT2D eigenvalue weighted by Gasteiger charge is 2.23. The summed E-state index contributed by atoms with van der Waals surface area (Å²) in [5.41, 5.74) is 2.37. The molecule has 0 amide bonds. The zero-order valence-electron chi connectivity index (χ0n) is 11.7. The van der Waals surface area contributed by atoms with Gasteiger partial charge in [0, 0.05) is 12.7 Å². The third kappa shape index (κ3) is 3.68. The Hall–Kier alpha value is -1.18. The largest absolute Gasteiger partial charge is 0.308 e. The van der Waals surface area contributed by atoms with Crippen molar-refractivity contribution in [3.63, 3.8) is 0 Å². The first-order valence-corrected chi connectivity index (χ1v) is 8.43. The first-order chi connectivity index (χ1) is 9.53. The predicted molar refractivity (Wildman–Crippen MR) is 78.4 cm³/mol. The number of nitrogen functional groups attached to an aromatic ring is 1. The number of sulfonamides is 1. The Bertz CT molecular complexity index is 530. The van der Waals surface area contributed by atoms with Gasteiger partial charge in [-0.3, -0.25) is 0 Å². The van der Waals surface area contributed by atoms with Gasteiger partial charge in [-0.1, -0.05) is 26.2 Å². The van der Waals surface area contributed by atoms with E-state index in [-0.39, 0.29) is 4.90 Å². The summed E-state index contributed by atoms with van der Waals surface area (Å²) in [5, 5.41) is 0. The molecule has 0 aliphatic heterocycles. The first kappa shape index (κ1) is 15.2. The Morgan fingerprint density at radius 2 is 2.10 bits per heavy atom. The van der Waals surface area contributed by atoms with Crippen LogP contribution in [0.3, 0.4) is 0 Å². The predicted octanol–water partition coefficient (Wildman–Crippen LogP) is 1.47. The van der Waals surface area contributed by atoms with Gasteiger partial charge in [-0.2, -0.15) is 0 Å². The molecular formula is C13H22N4O2S. The second-order valence-electron chi connectivity index (χ2n) is 5.40. The van der Waals surface area contributed by atoms with Crippen molar-refractivity contribution in [3.05, 3.63) is 18.3 Å². The van der Waals surface area contributed by atoms with Crippen LogP contribution >= 0.6 is 0 Å². The number of aromatic nitrogens is 1. The smallest absolute Gasteiger partial charge is 0.242 e. The maximum atomic E-state index is 12.2. The molecule has 0 radical (unpaired) electrons. The average Bonchev–Trinajstić information content (AvgIpc) is 2.46. The van der Waals surface area contributed by atoms with Gasteiger partial charge in [0.25, 0.3) is 0 Å². The van der Waals surface area contributed by atoms with Crippen LogP contribution in [0.2, 0.25) is 0 Å². The minimum Gasteiger partial charge on any atom is -0.308 e. The van der Waals surface area contributed by atoms with E-state index in [0.717, 1.165) is 6.42 Å². The molecule has 2 rings (SSSR count). The summed E-state index contributed by atoms with van der Waals surface area (Å²) >= 11 is 0. The molecule has 1 saturated carbocycles. The van der Waals surface area contributed by atoms with E-state index < -0.39 is 10.0 Å². The number of anilines is 1. The molecule has 2 atom stereocenters. The summed E-state index contributed by atoms with van der Waals surface area (Å²) < 4.78 is 27.1. The summed E-state index contributed by atoms with van der Waals surface area (Å²) in [6, 6.07) is 3.03. The van der Waals surface area contributed by atoms with Gasteiger partial charge in [-0.25, -0.2) is 24.0 Å². The highest BCUT2D eigenvalue weighted by atomic mass is 32.2. The Labute approximate surface area is 120 Å². The molecule has 1 aliphatic rings. The quantitative estimate of drug-likeness (QED) is 0.565. The number of nitrogens with one attached hydrogen (secondary N) is 2. The molecule has 1 heterocycles. The number of hydrogen-bond donors (Lipinski definition) is 3. The van der Waals surface area contributed by atoms with Crippen LogP contribution in [-0.4, -0.2) is 19.9 Å². The minimum absolute atomic E-state index is 0.167. The van der Waals surface area contributed by atoms with Crippen LogP contribution in [0.5, 0.6) is 0 Å². The van der Waals surface area contributed by atoms with Crippen molar-refractivity contribution in [1.29, 1.82) is 0 Å². The van der Waals surface area contributed by atoms with E-state index in [9.17, 15) is 8.42 Å². The van der Waals surface area contributed by atoms with Gasteiger partial charge in [0.15, 0.2) is 0 Å². The summed E-state index contributed by atoms with van der Waals surface area (Å²) in [7, 11) is -3.49. The van der Waals surface area contributed by atoms with E-state index in [1.54, 1.807) is 0 Å². The molecular weight excluding hydrogens is 276 g/mol. The van der Waals surface area contributed by atoms with E-state index in [1.807, 2.05) is 0 Å². The SMILES string of the molecule is CC1CCCCC1CNS(=O)(=O)c1ccc(NN)nc1. The van der Waals surface area contributed by atoms with Crippen molar-refractivity contribution >= 4 is 15.8 Å². The maximum Gasteiger partial charge on any atom is 0.242 e. The fourth-order valence-electron chi connectivity index (χ4n) is 2.62. The van der Waals surface area contributed by atoms with Crippen LogP contribution in [0, 0.1) is 11.8 Å². The number of nitrogens with two attached hydrogens (primary N) is 1. The maximum absolute atomic E-state index is 12.2. The molecule has 0 aromatic carbocycles. The molecule has 2 unspecified atom stereocenters. The topological polar surface area (TPSA) is 97.1 Å². The van der Waals surface area contributed by atoms with Crippen molar-refractivity contribution < 1.29 is 8.42 Å². The van der Waals surface area contributed by atoms with Crippen LogP contribution in [-0.2, 0) is 10.0 Å². The molecule has 7 heteroatoms. The van der Waals surface area contributed by atoms with Crippen molar-refractivity contribution in [2.45, 2.75) is 37.5 Å². The van der Waals surface area contributed by atoms with Crippen molar-refractivity contribution in [3.8, 4) is 0 Å². The zero-order valence-corrected chi connectivity index (χ0v) is 12.5. The highest BCUT2D eigenvalue weighted by Crippen LogP contribution is 2.29. The summed E-state index contributed by atoms with van der Waals surface area (Å²) in [6.45, 7) is 2.70. The van der Waals surface area contributed by atoms with Crippen molar-refractivity contribution in [2.24, 2.45) is 17.7 Å². The molecule has 0 saturated heterocycles. The Kier molecular flexibility index (Phi) is 4.95. The van der Waals surface area contributed by atoms with Gasteiger partial charge in [-0.15, -0.1) is 0 Å². The van der Waals surface area contributed by atoms with Gasteiger partial charge >= 0.3 is 0 Å². The van der Waals surface area contributed by atoms with Gasteiger partial charge in [0.1, 0.15) is 10.7 Å². The molecule has 1 aromatic heterocycles. The summed E-state index contributed by atoms with van der Waals surface area (Å²) in [6.07, 6.45) is 6.03. The first-order valence-electron chi connectivity index (χ1n) is 6.95. The van der Waals surface area contributed by atoms with Crippen LogP contribution in [0.4, 0.5) is 5.82 Å². The summed E-state index contributed by atoms with van der Waals surface area (Å²) in [4.78, 5) is 4.08. The zero-order chi connectivity index (χ0) is 14.6. The average molecular weight is 298 g/mol. The van der Waals surface area contributed by atoms with Crippen LogP contribution in [0.25, 0.3) is 0 Å². The Morgan fingerprint density at radius 3 is 2.70 bits per heavy atom. The molecule has 0 spiro atoms. The second kappa shape index (κ2) is 6.51. The lowest BCUT2D eigenvalue weighted by Gasteiger charge is -2.28. The fourth-order valence-corrected chi connectivity index (χ4v) is 3.66. The lowest BCUT2D eigenvalue weighted by molar-refractivity contribution is 0.257. The molecule has 4 N–H and O–H groups in total. The van der Waals surface area contributed by atoms with E-state index in [1.165, 1.54) is 37.6 Å². The molecule has 1 aromatic rings. The third-order valence-electron chi connectivity index (χ3n) is 4.02. The molecule has 112 valence electrons. The lowest BCUT2D eigenvalue weighted by Crippen LogP contribution is -2.33. The molecule has 1 aliphatic carbocycles. The van der Waals surface area contributed by atoms with Gasteiger partial charge in [0.05, 0.1) is 0 Å². The highest BCUT2D eigenvalue weighted by molar-refractivity contribution is 7.89. The number of hydrazine groups is 1. The molecule has 6 nitrogen and oxygen atoms in total. The minimum atomic E-state index is -3.49. The van der Waals surface area contributed by atoms with E-state index >= 15 is 0 Å². The normalized spacial score (nSPS) is 23.5. The third-order valence-corrected chi connectivity index (χ3v) is 5.43. The van der Waals surface area contributed by atoms with E-state index in [2.05, 4.69) is 22.1 Å². The van der Waals surface area contributed by atoms with Gasteiger partial charge in [-0.05, 0) is 30.4 Å². The Morgan fingerprint density at radius 1 is 1.35 bits per heavy atom. The van der Waals surface area contributed by atoms with Crippen molar-refractivity contribution in [1.82, 2.24) is 9.71 Å². The van der Waals surface area contributed by atoms with E-state index in [0.29, 0.717) is 24.2 Å². The Balaban J connectivity index is 1.99. The molecule has 0 bridgehead atoms. The van der Waals surface area contributed by atoms with Gasteiger partial charge < -0.3 is 5.43 Å². The van der Waals surface area contributed by atoms with Crippen LogP contribution in [0.1, 0.15) is 32.6 Å². The molecule has 1 fully saturated rings. The van der Waals surface area contributed by atoms with Crippen LogP contribution < -0.4 is 16.0 Å². The van der Waals surface area contributed by atoms with Crippen molar-refractivity contribution in [2.75, 3.05) is 12.0 Å². The fraction of sp³-hybridized carbons (Fsp3) is 0.615. The van der Waals surface area contributed by atoms with Crippen LogP contribution in [0.15, 0.2) is 23.2 Å². The number of hydrogen-bond acceptors (Lipinski definition) is 5. The number of rotatable bonds is 5. The van der Waals surface area contributed by atoms with Gasteiger partial charge in [0.2, 0.25) is 10.0 Å². The lowest BCUT2D eigenvalue weighted by atomic mass is 9.81. The second-order valence-corrected chi connectivity index (χ2v) is 7.16. The van der Waals surface area contributed by atoms with E-state index in [4.69, 9.17) is 5.84 Å². The number of nitrogens with zero attached hydrogens (tertiary/aromatic N) is 1. The molecule has 20 heavy (non-hydrogen) atoms. The monoisotopic (exact) mass is 298 g/mol. The standard InChI is InChI=1S/C13H22N4O2S/c1-10-4-2-3-5-11(10)8-16-20(18,19)12-6-7-13(17-14)15-9-12/h6-7,9-11,16H,2-5,8,14H2,1H3,(H,15,17).